The Morgan fingerprint density at radius 2 is 2.23 bits per heavy atom. The molecule has 26 heavy (non-hydrogen) atoms. The summed E-state index contributed by atoms with van der Waals surface area (Å²) in [6.45, 7) is 1.99. The predicted molar refractivity (Wildman–Crippen MR) is 93.6 cm³/mol. The van der Waals surface area contributed by atoms with E-state index in [0.29, 0.717) is 30.6 Å². The maximum Gasteiger partial charge on any atom is 0.255 e. The van der Waals surface area contributed by atoms with Gasteiger partial charge in [-0.3, -0.25) is 14.6 Å². The van der Waals surface area contributed by atoms with Crippen molar-refractivity contribution >= 4 is 17.3 Å². The first kappa shape index (κ1) is 17.0. The molecule has 8 heteroatoms. The number of hydrogen-bond acceptors (Lipinski definition) is 5. The standard InChI is InChI=1S/C18H23N5O3/c1-26-18(3-4-18)8-16(24)22-6-2-13(12-22)9-20-17(25)14-10-21-23-7-5-19-11-15(14)23/h5,7,10-11,13H,2-4,6,8-9,12H2,1H3,(H,20,25). The summed E-state index contributed by atoms with van der Waals surface area (Å²) >= 11 is 0. The van der Waals surface area contributed by atoms with Crippen molar-refractivity contribution < 1.29 is 14.3 Å². The molecule has 0 radical (unpaired) electrons. The fourth-order valence-electron chi connectivity index (χ4n) is 3.55. The molecule has 0 bridgehead atoms. The number of aromatic nitrogens is 3. The van der Waals surface area contributed by atoms with Crippen molar-refractivity contribution in [3.8, 4) is 0 Å². The molecule has 0 aromatic carbocycles. The lowest BCUT2D eigenvalue weighted by Crippen LogP contribution is -2.35. The van der Waals surface area contributed by atoms with Crippen LogP contribution in [0.4, 0.5) is 0 Å². The van der Waals surface area contributed by atoms with Crippen molar-refractivity contribution in [2.75, 3.05) is 26.7 Å². The minimum atomic E-state index is -0.207. The second kappa shape index (κ2) is 6.68. The van der Waals surface area contributed by atoms with Gasteiger partial charge in [-0.25, -0.2) is 4.52 Å². The van der Waals surface area contributed by atoms with Crippen LogP contribution >= 0.6 is 0 Å². The van der Waals surface area contributed by atoms with Crippen LogP contribution in [-0.2, 0) is 9.53 Å². The number of nitrogens with zero attached hydrogens (tertiary/aromatic N) is 4. The molecule has 1 aliphatic carbocycles. The Balaban J connectivity index is 1.29. The van der Waals surface area contributed by atoms with Crippen LogP contribution in [0.1, 0.15) is 36.0 Å². The molecule has 1 unspecified atom stereocenters. The highest BCUT2D eigenvalue weighted by Crippen LogP contribution is 2.42. The molecule has 1 saturated carbocycles. The summed E-state index contributed by atoms with van der Waals surface area (Å²) in [6, 6.07) is 0. The zero-order valence-corrected chi connectivity index (χ0v) is 14.9. The number of likely N-dealkylation sites (tertiary alicyclic amines) is 1. The van der Waals surface area contributed by atoms with Crippen LogP contribution in [0.2, 0.25) is 0 Å². The van der Waals surface area contributed by atoms with Gasteiger partial charge < -0.3 is 15.0 Å². The maximum absolute atomic E-state index is 12.4. The largest absolute Gasteiger partial charge is 0.378 e. The summed E-state index contributed by atoms with van der Waals surface area (Å²) in [4.78, 5) is 30.8. The fourth-order valence-corrected chi connectivity index (χ4v) is 3.55. The molecular formula is C18H23N5O3. The quantitative estimate of drug-likeness (QED) is 0.829. The summed E-state index contributed by atoms with van der Waals surface area (Å²) < 4.78 is 7.07. The van der Waals surface area contributed by atoms with E-state index in [1.807, 2.05) is 4.90 Å². The van der Waals surface area contributed by atoms with E-state index < -0.39 is 0 Å². The van der Waals surface area contributed by atoms with Crippen LogP contribution in [0, 0.1) is 5.92 Å². The molecule has 1 atom stereocenters. The van der Waals surface area contributed by atoms with E-state index in [9.17, 15) is 9.59 Å². The topological polar surface area (TPSA) is 88.8 Å². The lowest BCUT2D eigenvalue weighted by molar-refractivity contribution is -0.133. The Kier molecular flexibility index (Phi) is 4.36. The van der Waals surface area contributed by atoms with Crippen LogP contribution in [0.15, 0.2) is 24.8 Å². The van der Waals surface area contributed by atoms with E-state index >= 15 is 0 Å². The molecule has 3 heterocycles. The van der Waals surface area contributed by atoms with Crippen LogP contribution in [0.25, 0.3) is 5.52 Å². The second-order valence-electron chi connectivity index (χ2n) is 7.23. The van der Waals surface area contributed by atoms with Crippen LogP contribution < -0.4 is 5.32 Å². The molecule has 1 N–H and O–H groups in total. The highest BCUT2D eigenvalue weighted by atomic mass is 16.5. The maximum atomic E-state index is 12.4. The molecule has 2 fully saturated rings. The molecule has 1 aliphatic heterocycles. The molecule has 2 aliphatic rings. The van der Waals surface area contributed by atoms with Gasteiger partial charge in [0.25, 0.3) is 5.91 Å². The summed E-state index contributed by atoms with van der Waals surface area (Å²) in [6.07, 6.45) is 9.83. The van der Waals surface area contributed by atoms with E-state index in [1.54, 1.807) is 36.4 Å². The van der Waals surface area contributed by atoms with E-state index in [0.717, 1.165) is 25.8 Å². The average Bonchev–Trinajstić information content (AvgIpc) is 3.09. The predicted octanol–water partition coefficient (Wildman–Crippen LogP) is 0.877. The summed E-state index contributed by atoms with van der Waals surface area (Å²) in [5.41, 5.74) is 0.989. The first-order chi connectivity index (χ1) is 12.6. The number of hydrogen-bond donors (Lipinski definition) is 1. The molecular weight excluding hydrogens is 334 g/mol. The molecule has 2 aromatic heterocycles. The van der Waals surface area contributed by atoms with Crippen molar-refractivity contribution in [1.82, 2.24) is 24.8 Å². The van der Waals surface area contributed by atoms with Crippen LogP contribution in [-0.4, -0.2) is 63.7 Å². The summed E-state index contributed by atoms with van der Waals surface area (Å²) in [5, 5.41) is 7.12. The minimum Gasteiger partial charge on any atom is -0.378 e. The second-order valence-corrected chi connectivity index (χ2v) is 7.23. The molecule has 2 aromatic rings. The zero-order chi connectivity index (χ0) is 18.1. The lowest BCUT2D eigenvalue weighted by Gasteiger charge is -2.20. The van der Waals surface area contributed by atoms with Gasteiger partial charge in [-0.05, 0) is 25.2 Å². The SMILES string of the molecule is COC1(CC(=O)N2CCC(CNC(=O)c3cnn4ccncc34)C2)CC1. The fraction of sp³-hybridized carbons (Fsp3) is 0.556. The van der Waals surface area contributed by atoms with Gasteiger partial charge in [0.15, 0.2) is 0 Å². The Morgan fingerprint density at radius 1 is 1.38 bits per heavy atom. The Labute approximate surface area is 151 Å². The van der Waals surface area contributed by atoms with Gasteiger partial charge in [-0.15, -0.1) is 0 Å². The van der Waals surface area contributed by atoms with Gasteiger partial charge in [-0.2, -0.15) is 5.10 Å². The number of amides is 2. The number of methoxy groups -OCH3 is 1. The average molecular weight is 357 g/mol. The molecule has 2 amide bonds. The number of carbonyl (C=O) groups is 2. The minimum absolute atomic E-state index is 0.158. The first-order valence-corrected chi connectivity index (χ1v) is 8.99. The Morgan fingerprint density at radius 3 is 3.00 bits per heavy atom. The van der Waals surface area contributed by atoms with Crippen molar-refractivity contribution in [3.05, 3.63) is 30.4 Å². The Bertz CT molecular complexity index is 829. The van der Waals surface area contributed by atoms with Crippen molar-refractivity contribution in [2.24, 2.45) is 5.92 Å². The summed E-state index contributed by atoms with van der Waals surface area (Å²) in [5.74, 6) is 0.279. The number of carbonyl (C=O) groups excluding carboxylic acids is 2. The summed E-state index contributed by atoms with van der Waals surface area (Å²) in [7, 11) is 1.68. The highest BCUT2D eigenvalue weighted by molar-refractivity contribution is 6.00. The molecule has 1 saturated heterocycles. The first-order valence-electron chi connectivity index (χ1n) is 8.99. The number of ether oxygens (including phenoxy) is 1. The van der Waals surface area contributed by atoms with Crippen molar-refractivity contribution in [1.29, 1.82) is 0 Å². The monoisotopic (exact) mass is 357 g/mol. The van der Waals surface area contributed by atoms with Gasteiger partial charge in [0, 0.05) is 39.1 Å². The number of rotatable bonds is 6. The third-order valence-electron chi connectivity index (χ3n) is 5.47. The van der Waals surface area contributed by atoms with Gasteiger partial charge in [-0.1, -0.05) is 0 Å². The molecule has 8 nitrogen and oxygen atoms in total. The van der Waals surface area contributed by atoms with Gasteiger partial charge in [0.2, 0.25) is 5.91 Å². The van der Waals surface area contributed by atoms with Crippen LogP contribution in [0.5, 0.6) is 0 Å². The van der Waals surface area contributed by atoms with Gasteiger partial charge >= 0.3 is 0 Å². The van der Waals surface area contributed by atoms with Gasteiger partial charge in [0.05, 0.1) is 35.5 Å². The molecule has 0 spiro atoms. The van der Waals surface area contributed by atoms with E-state index in [1.165, 1.54) is 0 Å². The van der Waals surface area contributed by atoms with Gasteiger partial charge in [0.1, 0.15) is 0 Å². The molecule has 4 rings (SSSR count). The third-order valence-corrected chi connectivity index (χ3v) is 5.47. The van der Waals surface area contributed by atoms with Crippen LogP contribution in [0.3, 0.4) is 0 Å². The van der Waals surface area contributed by atoms with E-state index in [2.05, 4.69) is 15.4 Å². The number of nitrogens with one attached hydrogen (secondary N) is 1. The Hall–Kier alpha value is -2.48. The molecule has 138 valence electrons. The number of fused-ring (bicyclic) bond motifs is 1. The zero-order valence-electron chi connectivity index (χ0n) is 14.9. The lowest BCUT2D eigenvalue weighted by atomic mass is 10.1. The normalized spacial score (nSPS) is 21.1. The van der Waals surface area contributed by atoms with Crippen molar-refractivity contribution in [2.45, 2.75) is 31.3 Å². The third kappa shape index (κ3) is 3.29. The van der Waals surface area contributed by atoms with E-state index in [4.69, 9.17) is 4.74 Å². The highest BCUT2D eigenvalue weighted by Gasteiger charge is 2.46. The van der Waals surface area contributed by atoms with E-state index in [-0.39, 0.29) is 23.3 Å². The van der Waals surface area contributed by atoms with Crippen molar-refractivity contribution in [3.63, 3.8) is 0 Å². The smallest absolute Gasteiger partial charge is 0.255 e.